The van der Waals surface area contributed by atoms with Crippen molar-refractivity contribution >= 4 is 21.6 Å². The minimum absolute atomic E-state index is 0.0916. The Morgan fingerprint density at radius 1 is 1.27 bits per heavy atom. The normalized spacial score (nSPS) is 17.5. The first-order valence-electron chi connectivity index (χ1n) is 8.95. The quantitative estimate of drug-likeness (QED) is 0.679. The van der Waals surface area contributed by atoms with Crippen molar-refractivity contribution < 1.29 is 4.39 Å². The number of rotatable bonds is 2. The highest BCUT2D eigenvalue weighted by molar-refractivity contribution is 7.18. The van der Waals surface area contributed by atoms with Crippen LogP contribution in [-0.2, 0) is 19.4 Å². The molecule has 0 saturated carbocycles. The first-order valence-corrected chi connectivity index (χ1v) is 9.77. The van der Waals surface area contributed by atoms with Gasteiger partial charge in [0.15, 0.2) is 4.83 Å². The van der Waals surface area contributed by atoms with Crippen LogP contribution in [-0.4, -0.2) is 15.0 Å². The van der Waals surface area contributed by atoms with E-state index < -0.39 is 0 Å². The molecule has 1 unspecified atom stereocenters. The Labute approximate surface area is 155 Å². The van der Waals surface area contributed by atoms with Gasteiger partial charge in [0.2, 0.25) is 0 Å². The van der Waals surface area contributed by atoms with Crippen molar-refractivity contribution in [2.75, 3.05) is 0 Å². The molecular weight excluding hydrogens is 349 g/mol. The van der Waals surface area contributed by atoms with Crippen LogP contribution >= 0.6 is 11.3 Å². The fraction of sp³-hybridized carbons (Fsp3) is 0.450. The molecule has 0 fully saturated rings. The number of benzene rings is 1. The summed E-state index contributed by atoms with van der Waals surface area (Å²) in [5, 5.41) is 9.14. The molecule has 0 spiro atoms. The summed E-state index contributed by atoms with van der Waals surface area (Å²) in [5.41, 5.74) is 2.17. The second kappa shape index (κ2) is 6.27. The second-order valence-electron chi connectivity index (χ2n) is 8.17. The lowest BCUT2D eigenvalue weighted by Gasteiger charge is -2.33. The summed E-state index contributed by atoms with van der Waals surface area (Å²) in [7, 11) is 0. The molecule has 1 aromatic carbocycles. The molecule has 6 heteroatoms. The third-order valence-electron chi connectivity index (χ3n) is 5.41. The molecule has 2 aromatic heterocycles. The minimum Gasteiger partial charge on any atom is -0.267 e. The predicted molar refractivity (Wildman–Crippen MR) is 102 cm³/mol. The highest BCUT2D eigenvalue weighted by Gasteiger charge is 2.31. The molecule has 1 aliphatic rings. The van der Waals surface area contributed by atoms with E-state index in [4.69, 9.17) is 0 Å². The van der Waals surface area contributed by atoms with Gasteiger partial charge in [0.25, 0.3) is 5.56 Å². The molecule has 0 N–H and O–H groups in total. The summed E-state index contributed by atoms with van der Waals surface area (Å²) < 4.78 is 14.5. The molecule has 2 heterocycles. The summed E-state index contributed by atoms with van der Waals surface area (Å²) in [5.74, 6) is 0.334. The van der Waals surface area contributed by atoms with E-state index in [-0.39, 0.29) is 16.8 Å². The van der Waals surface area contributed by atoms with Gasteiger partial charge in [-0.2, -0.15) is 0 Å². The summed E-state index contributed by atoms with van der Waals surface area (Å²) >= 11 is 1.61. The SMILES string of the molecule is CC(C)(C)C1CCc2c(sc3nnn(Cc4ccc(F)cc4)c(=O)c23)C1. The molecule has 4 nitrogen and oxygen atoms in total. The Morgan fingerprint density at radius 2 is 2.00 bits per heavy atom. The molecule has 0 amide bonds. The zero-order valence-electron chi connectivity index (χ0n) is 15.3. The maximum absolute atomic E-state index is 13.1. The smallest absolute Gasteiger partial charge is 0.267 e. The topological polar surface area (TPSA) is 47.8 Å². The van der Waals surface area contributed by atoms with Gasteiger partial charge in [-0.25, -0.2) is 9.07 Å². The van der Waals surface area contributed by atoms with Gasteiger partial charge in [0.05, 0.1) is 11.9 Å². The van der Waals surface area contributed by atoms with Crippen LogP contribution in [0.3, 0.4) is 0 Å². The maximum atomic E-state index is 13.1. The van der Waals surface area contributed by atoms with E-state index in [2.05, 4.69) is 31.1 Å². The van der Waals surface area contributed by atoms with Crippen LogP contribution in [0.4, 0.5) is 4.39 Å². The minimum atomic E-state index is -0.289. The molecule has 4 rings (SSSR count). The van der Waals surface area contributed by atoms with Gasteiger partial charge in [-0.3, -0.25) is 4.79 Å². The van der Waals surface area contributed by atoms with Gasteiger partial charge in [0, 0.05) is 4.88 Å². The largest absolute Gasteiger partial charge is 0.279 e. The fourth-order valence-electron chi connectivity index (χ4n) is 3.73. The van der Waals surface area contributed by atoms with Crippen molar-refractivity contribution in [1.82, 2.24) is 15.0 Å². The molecule has 1 atom stereocenters. The van der Waals surface area contributed by atoms with Gasteiger partial charge in [-0.05, 0) is 53.9 Å². The predicted octanol–water partition coefficient (Wildman–Crippen LogP) is 4.19. The van der Waals surface area contributed by atoms with E-state index in [1.807, 2.05) is 0 Å². The zero-order chi connectivity index (χ0) is 18.5. The lowest BCUT2D eigenvalue weighted by atomic mass is 9.72. The number of halogens is 1. The van der Waals surface area contributed by atoms with Crippen LogP contribution in [0.1, 0.15) is 43.2 Å². The van der Waals surface area contributed by atoms with E-state index in [1.54, 1.807) is 23.5 Å². The molecule has 26 heavy (non-hydrogen) atoms. The van der Waals surface area contributed by atoms with E-state index in [1.165, 1.54) is 27.3 Å². The number of fused-ring (bicyclic) bond motifs is 3. The fourth-order valence-corrected chi connectivity index (χ4v) is 4.97. The number of aryl methyl sites for hydroxylation is 1. The van der Waals surface area contributed by atoms with Crippen molar-refractivity contribution in [3.63, 3.8) is 0 Å². The van der Waals surface area contributed by atoms with E-state index in [9.17, 15) is 9.18 Å². The Hall–Kier alpha value is -2.08. The van der Waals surface area contributed by atoms with Gasteiger partial charge in [-0.1, -0.05) is 38.1 Å². The first-order chi connectivity index (χ1) is 12.3. The van der Waals surface area contributed by atoms with E-state index >= 15 is 0 Å². The average Bonchev–Trinajstić information content (AvgIpc) is 2.97. The number of aromatic nitrogens is 3. The number of thiophene rings is 1. The van der Waals surface area contributed by atoms with Crippen LogP contribution in [0.25, 0.3) is 10.2 Å². The number of hydrogen-bond acceptors (Lipinski definition) is 4. The van der Waals surface area contributed by atoms with Gasteiger partial charge >= 0.3 is 0 Å². The first kappa shape index (κ1) is 17.3. The highest BCUT2D eigenvalue weighted by atomic mass is 32.1. The van der Waals surface area contributed by atoms with Crippen LogP contribution in [0.2, 0.25) is 0 Å². The van der Waals surface area contributed by atoms with Crippen LogP contribution in [0.5, 0.6) is 0 Å². The Balaban J connectivity index is 1.72. The Morgan fingerprint density at radius 3 is 2.69 bits per heavy atom. The summed E-state index contributed by atoms with van der Waals surface area (Å²) in [6.45, 7) is 7.15. The lowest BCUT2D eigenvalue weighted by Crippen LogP contribution is -2.28. The summed E-state index contributed by atoms with van der Waals surface area (Å²) in [4.78, 5) is 15.0. The molecule has 0 bridgehead atoms. The molecule has 3 aromatic rings. The van der Waals surface area contributed by atoms with Crippen molar-refractivity contribution in [2.24, 2.45) is 11.3 Å². The van der Waals surface area contributed by atoms with Crippen molar-refractivity contribution in [3.05, 3.63) is 56.4 Å². The lowest BCUT2D eigenvalue weighted by molar-refractivity contribution is 0.218. The Bertz CT molecular complexity index is 1010. The van der Waals surface area contributed by atoms with E-state index in [0.29, 0.717) is 12.5 Å². The maximum Gasteiger partial charge on any atom is 0.279 e. The molecule has 1 aliphatic carbocycles. The molecule has 136 valence electrons. The Kier molecular flexibility index (Phi) is 4.18. The third kappa shape index (κ3) is 3.07. The van der Waals surface area contributed by atoms with Crippen LogP contribution in [0, 0.1) is 17.2 Å². The average molecular weight is 371 g/mol. The third-order valence-corrected chi connectivity index (χ3v) is 6.55. The summed E-state index contributed by atoms with van der Waals surface area (Å²) in [6.07, 6.45) is 3.04. The van der Waals surface area contributed by atoms with E-state index in [0.717, 1.165) is 35.0 Å². The van der Waals surface area contributed by atoms with Gasteiger partial charge < -0.3 is 0 Å². The number of hydrogen-bond donors (Lipinski definition) is 0. The zero-order valence-corrected chi connectivity index (χ0v) is 16.1. The standard InChI is InChI=1S/C20H22FN3OS/c1-20(2,3)13-6-9-15-16(10-13)26-18-17(15)19(25)24(23-22-18)11-12-4-7-14(21)8-5-12/h4-5,7-8,13H,6,9-11H2,1-3H3. The van der Waals surface area contributed by atoms with Crippen LogP contribution in [0.15, 0.2) is 29.1 Å². The number of nitrogens with zero attached hydrogens (tertiary/aromatic N) is 3. The van der Waals surface area contributed by atoms with Crippen LogP contribution < -0.4 is 5.56 Å². The molecular formula is C20H22FN3OS. The van der Waals surface area contributed by atoms with Gasteiger partial charge in [-0.15, -0.1) is 16.4 Å². The molecule has 0 radical (unpaired) electrons. The summed E-state index contributed by atoms with van der Waals surface area (Å²) in [6, 6.07) is 6.13. The second-order valence-corrected chi connectivity index (χ2v) is 9.25. The van der Waals surface area contributed by atoms with Gasteiger partial charge in [0.1, 0.15) is 5.82 Å². The van der Waals surface area contributed by atoms with Crippen molar-refractivity contribution in [2.45, 2.75) is 46.6 Å². The monoisotopic (exact) mass is 371 g/mol. The van der Waals surface area contributed by atoms with Crippen molar-refractivity contribution in [3.8, 4) is 0 Å². The molecule has 0 aliphatic heterocycles. The highest BCUT2D eigenvalue weighted by Crippen LogP contribution is 2.41. The van der Waals surface area contributed by atoms with Crippen molar-refractivity contribution in [1.29, 1.82) is 0 Å². The molecule has 0 saturated heterocycles.